The maximum atomic E-state index is 12.3. The predicted molar refractivity (Wildman–Crippen MR) is 72.6 cm³/mol. The first-order valence-corrected chi connectivity index (χ1v) is 7.77. The van der Waals surface area contributed by atoms with Gasteiger partial charge in [0.2, 0.25) is 5.91 Å². The Bertz CT molecular complexity index is 749. The lowest BCUT2D eigenvalue weighted by atomic mass is 9.91. The normalized spacial score (nSPS) is 23.5. The zero-order valence-corrected chi connectivity index (χ0v) is 12.3. The van der Waals surface area contributed by atoms with Crippen molar-refractivity contribution in [1.82, 2.24) is 15.3 Å². The molecule has 2 heterocycles. The van der Waals surface area contributed by atoms with Gasteiger partial charge in [0.15, 0.2) is 0 Å². The van der Waals surface area contributed by atoms with Crippen LogP contribution in [-0.4, -0.2) is 48.5 Å². The van der Waals surface area contributed by atoms with Crippen LogP contribution >= 0.6 is 0 Å². The van der Waals surface area contributed by atoms with Gasteiger partial charge in [-0.15, -0.1) is 4.28 Å². The number of nitrogens with one attached hydrogen (secondary N) is 1. The van der Waals surface area contributed by atoms with E-state index in [-0.39, 0.29) is 6.54 Å². The van der Waals surface area contributed by atoms with Crippen LogP contribution in [0.4, 0.5) is 4.79 Å². The summed E-state index contributed by atoms with van der Waals surface area (Å²) in [4.78, 5) is 25.7. The van der Waals surface area contributed by atoms with E-state index >= 15 is 0 Å². The number of benzene rings is 1. The first-order chi connectivity index (χ1) is 10.3. The largest absolute Gasteiger partial charge is 0.418 e. The minimum Gasteiger partial charge on any atom is -0.357 e. The third-order valence-electron chi connectivity index (χ3n) is 3.72. The van der Waals surface area contributed by atoms with Crippen molar-refractivity contribution >= 4 is 22.3 Å². The molecule has 1 aromatic carbocycles. The number of likely N-dealkylation sites (N-methyl/N-ethyl adjacent to an activating group) is 1. The monoisotopic (exact) mass is 327 g/mol. The molecule has 0 spiro atoms. The first-order valence-electron chi connectivity index (χ1n) is 6.40. The average molecular weight is 327 g/mol. The van der Waals surface area contributed by atoms with E-state index in [1.54, 1.807) is 24.3 Å². The van der Waals surface area contributed by atoms with Crippen LogP contribution in [0.1, 0.15) is 23.2 Å². The van der Waals surface area contributed by atoms with Crippen molar-refractivity contribution < 1.29 is 26.8 Å². The lowest BCUT2D eigenvalue weighted by Crippen LogP contribution is -2.42. The Morgan fingerprint density at radius 1 is 1.36 bits per heavy atom. The first kappa shape index (κ1) is 14.8. The van der Waals surface area contributed by atoms with Gasteiger partial charge in [0.25, 0.3) is 0 Å². The van der Waals surface area contributed by atoms with Gasteiger partial charge in [-0.2, -0.15) is 13.5 Å². The highest BCUT2D eigenvalue weighted by molar-refractivity contribution is 7.80. The van der Waals surface area contributed by atoms with Gasteiger partial charge in [-0.25, -0.2) is 4.79 Å². The molecule has 1 saturated heterocycles. The molecule has 0 aromatic heterocycles. The molecular weight excluding hydrogens is 314 g/mol. The third kappa shape index (κ3) is 2.21. The van der Waals surface area contributed by atoms with E-state index in [9.17, 15) is 18.0 Å². The van der Waals surface area contributed by atoms with Gasteiger partial charge in [0.1, 0.15) is 12.1 Å². The van der Waals surface area contributed by atoms with Crippen LogP contribution in [0.2, 0.25) is 0 Å². The molecule has 0 radical (unpaired) electrons. The zero-order valence-electron chi connectivity index (χ0n) is 11.5. The Morgan fingerprint density at radius 2 is 2.00 bits per heavy atom. The predicted octanol–water partition coefficient (Wildman–Crippen LogP) is 0.000400. The molecule has 2 atom stereocenters. The number of hydroxylamine groups is 2. The molecule has 2 aliphatic heterocycles. The van der Waals surface area contributed by atoms with Crippen LogP contribution in [0.15, 0.2) is 24.3 Å². The van der Waals surface area contributed by atoms with Gasteiger partial charge in [0.05, 0.1) is 6.54 Å². The molecule has 2 bridgehead atoms. The molecule has 3 amide bonds. The molecule has 118 valence electrons. The van der Waals surface area contributed by atoms with Crippen molar-refractivity contribution in [2.45, 2.75) is 12.1 Å². The lowest BCUT2D eigenvalue weighted by molar-refractivity contribution is -0.125. The summed E-state index contributed by atoms with van der Waals surface area (Å²) in [6, 6.07) is 4.42. The van der Waals surface area contributed by atoms with E-state index in [0.717, 1.165) is 0 Å². The zero-order chi connectivity index (χ0) is 16.1. The summed E-state index contributed by atoms with van der Waals surface area (Å²) < 4.78 is 35.1. The smallest absolute Gasteiger partial charge is 0.357 e. The molecule has 22 heavy (non-hydrogen) atoms. The van der Waals surface area contributed by atoms with Crippen LogP contribution in [-0.2, 0) is 19.5 Å². The average Bonchev–Trinajstić information content (AvgIpc) is 2.73. The van der Waals surface area contributed by atoms with E-state index < -0.39 is 34.4 Å². The third-order valence-corrected chi connectivity index (χ3v) is 4.07. The molecule has 0 aliphatic carbocycles. The molecule has 1 aromatic rings. The highest BCUT2D eigenvalue weighted by Gasteiger charge is 2.51. The second-order valence-corrected chi connectivity index (χ2v) is 5.93. The fraction of sp³-hybridized carbons (Fsp3) is 0.333. The van der Waals surface area contributed by atoms with Gasteiger partial charge >= 0.3 is 16.4 Å². The lowest BCUT2D eigenvalue weighted by Gasteiger charge is -2.31. The number of carbonyl (C=O) groups excluding carboxylic acids is 2. The van der Waals surface area contributed by atoms with Crippen molar-refractivity contribution in [3.05, 3.63) is 35.4 Å². The maximum absolute atomic E-state index is 12.3. The summed E-state index contributed by atoms with van der Waals surface area (Å²) >= 11 is 0. The molecule has 2 N–H and O–H groups in total. The number of rotatable bonds is 3. The number of urea groups is 1. The molecule has 9 nitrogen and oxygen atoms in total. The highest BCUT2D eigenvalue weighted by atomic mass is 32.3. The second-order valence-electron chi connectivity index (χ2n) is 4.92. The topological polar surface area (TPSA) is 116 Å². The molecule has 3 rings (SSSR count). The molecule has 0 saturated carbocycles. The number of carbonyl (C=O) groups is 2. The van der Waals surface area contributed by atoms with Crippen molar-refractivity contribution in [1.29, 1.82) is 0 Å². The Labute approximate surface area is 126 Å². The summed E-state index contributed by atoms with van der Waals surface area (Å²) in [6.07, 6.45) is 0. The summed E-state index contributed by atoms with van der Waals surface area (Å²) in [5, 5.41) is 3.06. The summed E-state index contributed by atoms with van der Waals surface area (Å²) in [7, 11) is -3.40. The van der Waals surface area contributed by atoms with E-state index in [1.165, 1.54) is 11.9 Å². The standard InChI is InChI=1S/C12H13N3O6S/c1-13-11(16)10-8-5-3-2-4-7(8)9-6-14(10)12(17)15(9)21-22(18,19)20/h2-5,9-10H,6H2,1H3,(H,13,16)(H,18,19,20)/t9-,10-/m1/s1. The summed E-state index contributed by atoms with van der Waals surface area (Å²) in [5.41, 5.74) is 1.19. The van der Waals surface area contributed by atoms with Gasteiger partial charge in [0, 0.05) is 7.05 Å². The van der Waals surface area contributed by atoms with Crippen molar-refractivity contribution in [2.75, 3.05) is 13.6 Å². The number of hydrogen-bond acceptors (Lipinski definition) is 5. The van der Waals surface area contributed by atoms with Crippen LogP contribution in [0, 0.1) is 0 Å². The highest BCUT2D eigenvalue weighted by Crippen LogP contribution is 2.43. The minimum atomic E-state index is -4.85. The Kier molecular flexibility index (Phi) is 3.31. The van der Waals surface area contributed by atoms with E-state index in [1.807, 2.05) is 0 Å². The molecule has 2 aliphatic rings. The molecular formula is C12H13N3O6S. The second kappa shape index (κ2) is 4.93. The van der Waals surface area contributed by atoms with Crippen molar-refractivity contribution in [3.63, 3.8) is 0 Å². The van der Waals surface area contributed by atoms with Gasteiger partial charge in [-0.05, 0) is 11.1 Å². The molecule has 10 heteroatoms. The number of fused-ring (bicyclic) bond motifs is 4. The van der Waals surface area contributed by atoms with E-state index in [0.29, 0.717) is 16.2 Å². The van der Waals surface area contributed by atoms with E-state index in [2.05, 4.69) is 9.60 Å². The fourth-order valence-electron chi connectivity index (χ4n) is 2.88. The number of hydrogen-bond donors (Lipinski definition) is 2. The van der Waals surface area contributed by atoms with Crippen LogP contribution in [0.3, 0.4) is 0 Å². The van der Waals surface area contributed by atoms with Gasteiger partial charge in [-0.1, -0.05) is 24.3 Å². The van der Waals surface area contributed by atoms with Gasteiger partial charge in [-0.3, -0.25) is 9.35 Å². The SMILES string of the molecule is CNC(=O)[C@H]1c2ccccc2[C@H]2CN1C(=O)N2OS(=O)(=O)O. The summed E-state index contributed by atoms with van der Waals surface area (Å²) in [6.45, 7) is 0.0868. The van der Waals surface area contributed by atoms with Crippen LogP contribution in [0.5, 0.6) is 0 Å². The quantitative estimate of drug-likeness (QED) is 0.755. The minimum absolute atomic E-state index is 0.0868. The fourth-order valence-corrected chi connectivity index (χ4v) is 3.25. The van der Waals surface area contributed by atoms with Crippen molar-refractivity contribution in [3.8, 4) is 0 Å². The van der Waals surface area contributed by atoms with Crippen LogP contribution < -0.4 is 5.32 Å². The Hall–Kier alpha value is -2.17. The molecule has 1 fully saturated rings. The number of amides is 3. The maximum Gasteiger partial charge on any atom is 0.418 e. The van der Waals surface area contributed by atoms with Crippen molar-refractivity contribution in [2.24, 2.45) is 0 Å². The summed E-state index contributed by atoms with van der Waals surface area (Å²) in [5.74, 6) is -0.395. The Balaban J connectivity index is 2.10. The van der Waals surface area contributed by atoms with Gasteiger partial charge < -0.3 is 10.2 Å². The van der Waals surface area contributed by atoms with E-state index in [4.69, 9.17) is 4.55 Å². The Morgan fingerprint density at radius 3 is 2.59 bits per heavy atom. The molecule has 0 unspecified atom stereocenters. The number of nitrogens with zero attached hydrogens (tertiary/aromatic N) is 2. The van der Waals surface area contributed by atoms with Crippen LogP contribution in [0.25, 0.3) is 0 Å².